The number of aromatic nitrogens is 1. The van der Waals surface area contributed by atoms with Gasteiger partial charge in [-0.2, -0.15) is 0 Å². The maximum absolute atomic E-state index is 11.2. The molecule has 0 aliphatic carbocycles. The van der Waals surface area contributed by atoms with Gasteiger partial charge in [0, 0.05) is 22.4 Å². The summed E-state index contributed by atoms with van der Waals surface area (Å²) in [6.45, 7) is 5.54. The van der Waals surface area contributed by atoms with Crippen LogP contribution in [-0.2, 0) is 17.9 Å². The lowest BCUT2D eigenvalue weighted by atomic mass is 10.0. The summed E-state index contributed by atoms with van der Waals surface area (Å²) in [6.07, 6.45) is 0. The molecule has 0 saturated carbocycles. The molecule has 0 radical (unpaired) electrons. The second kappa shape index (κ2) is 8.58. The highest BCUT2D eigenvalue weighted by Crippen LogP contribution is 2.25. The van der Waals surface area contributed by atoms with Crippen molar-refractivity contribution in [3.63, 3.8) is 0 Å². The molecule has 1 N–H and O–H groups in total. The van der Waals surface area contributed by atoms with Gasteiger partial charge in [-0.15, -0.1) is 22.7 Å². The van der Waals surface area contributed by atoms with E-state index >= 15 is 0 Å². The SMILES string of the molecule is CC(C)c1ccc(-c2csc(CN(CC(=O)O)Cc3cccs3)n2)cc1. The third kappa shape index (κ3) is 5.00. The fourth-order valence-corrected chi connectivity index (χ4v) is 4.32. The number of thiophene rings is 1. The molecule has 1 aromatic carbocycles. The molecule has 0 atom stereocenters. The monoisotopic (exact) mass is 386 g/mol. The zero-order valence-electron chi connectivity index (χ0n) is 14.9. The Bertz CT molecular complexity index is 839. The summed E-state index contributed by atoms with van der Waals surface area (Å²) < 4.78 is 0. The normalized spacial score (nSPS) is 11.4. The summed E-state index contributed by atoms with van der Waals surface area (Å²) in [4.78, 5) is 19.0. The Morgan fingerprint density at radius 3 is 2.54 bits per heavy atom. The summed E-state index contributed by atoms with van der Waals surface area (Å²) in [5, 5.41) is 14.2. The summed E-state index contributed by atoms with van der Waals surface area (Å²) in [6, 6.07) is 12.5. The van der Waals surface area contributed by atoms with E-state index < -0.39 is 5.97 Å². The zero-order chi connectivity index (χ0) is 18.5. The first-order chi connectivity index (χ1) is 12.5. The molecule has 0 spiro atoms. The summed E-state index contributed by atoms with van der Waals surface area (Å²) in [5.74, 6) is -0.306. The molecule has 136 valence electrons. The number of rotatable bonds is 8. The number of carboxylic acid groups (broad SMARTS) is 1. The van der Waals surface area contributed by atoms with Crippen molar-refractivity contribution in [2.45, 2.75) is 32.9 Å². The van der Waals surface area contributed by atoms with Crippen molar-refractivity contribution in [1.29, 1.82) is 0 Å². The van der Waals surface area contributed by atoms with E-state index in [1.54, 1.807) is 22.7 Å². The molecule has 3 rings (SSSR count). The second-order valence-corrected chi connectivity index (χ2v) is 8.50. The fourth-order valence-electron chi connectivity index (χ4n) is 2.73. The van der Waals surface area contributed by atoms with Gasteiger partial charge in [0.05, 0.1) is 18.8 Å². The smallest absolute Gasteiger partial charge is 0.317 e. The Morgan fingerprint density at radius 2 is 1.92 bits per heavy atom. The van der Waals surface area contributed by atoms with Crippen molar-refractivity contribution >= 4 is 28.6 Å². The van der Waals surface area contributed by atoms with Crippen LogP contribution in [0.3, 0.4) is 0 Å². The number of nitrogens with zero attached hydrogens (tertiary/aromatic N) is 2. The number of thiazole rings is 1. The quantitative estimate of drug-likeness (QED) is 0.586. The molecular weight excluding hydrogens is 364 g/mol. The maximum atomic E-state index is 11.2. The van der Waals surface area contributed by atoms with Gasteiger partial charge in [0.1, 0.15) is 5.01 Å². The molecule has 0 saturated heterocycles. The third-order valence-electron chi connectivity index (χ3n) is 4.10. The molecule has 3 aromatic rings. The molecule has 2 heterocycles. The molecule has 26 heavy (non-hydrogen) atoms. The lowest BCUT2D eigenvalue weighted by Crippen LogP contribution is -2.28. The average Bonchev–Trinajstić information content (AvgIpc) is 3.26. The molecule has 6 heteroatoms. The highest BCUT2D eigenvalue weighted by Gasteiger charge is 2.14. The highest BCUT2D eigenvalue weighted by molar-refractivity contribution is 7.10. The minimum atomic E-state index is -0.817. The zero-order valence-corrected chi connectivity index (χ0v) is 16.5. The van der Waals surface area contributed by atoms with Gasteiger partial charge in [-0.25, -0.2) is 4.98 Å². The molecule has 4 nitrogen and oxygen atoms in total. The Balaban J connectivity index is 1.71. The number of hydrogen-bond donors (Lipinski definition) is 1. The first kappa shape index (κ1) is 18.8. The molecule has 0 amide bonds. The van der Waals surface area contributed by atoms with Crippen LogP contribution in [0.1, 0.15) is 35.2 Å². The van der Waals surface area contributed by atoms with Crippen LogP contribution in [0.4, 0.5) is 0 Å². The minimum absolute atomic E-state index is 0.00982. The molecule has 0 aliphatic rings. The van der Waals surface area contributed by atoms with E-state index in [1.165, 1.54) is 5.56 Å². The number of hydrogen-bond acceptors (Lipinski definition) is 5. The van der Waals surface area contributed by atoms with Crippen molar-refractivity contribution in [3.05, 3.63) is 62.6 Å². The van der Waals surface area contributed by atoms with Crippen molar-refractivity contribution in [1.82, 2.24) is 9.88 Å². The van der Waals surface area contributed by atoms with E-state index in [0.29, 0.717) is 19.0 Å². The molecule has 0 aliphatic heterocycles. The predicted molar refractivity (Wildman–Crippen MR) is 108 cm³/mol. The first-order valence-electron chi connectivity index (χ1n) is 8.52. The lowest BCUT2D eigenvalue weighted by molar-refractivity contribution is -0.138. The van der Waals surface area contributed by atoms with Crippen LogP contribution < -0.4 is 0 Å². The number of carboxylic acids is 1. The maximum Gasteiger partial charge on any atom is 0.317 e. The summed E-state index contributed by atoms with van der Waals surface area (Å²) in [5.41, 5.74) is 3.36. The third-order valence-corrected chi connectivity index (χ3v) is 5.80. The topological polar surface area (TPSA) is 53.4 Å². The average molecular weight is 387 g/mol. The molecule has 0 unspecified atom stereocenters. The predicted octanol–water partition coefficient (Wildman–Crippen LogP) is 5.08. The van der Waals surface area contributed by atoms with Crippen LogP contribution in [0.2, 0.25) is 0 Å². The Kier molecular flexibility index (Phi) is 6.19. The number of aliphatic carboxylic acids is 1. The van der Waals surface area contributed by atoms with Crippen LogP contribution in [-0.4, -0.2) is 27.5 Å². The Labute approximate surface area is 161 Å². The van der Waals surface area contributed by atoms with Gasteiger partial charge < -0.3 is 5.11 Å². The van der Waals surface area contributed by atoms with Crippen LogP contribution in [0.15, 0.2) is 47.2 Å². The first-order valence-corrected chi connectivity index (χ1v) is 10.3. The van der Waals surface area contributed by atoms with E-state index in [2.05, 4.69) is 38.1 Å². The Hall–Kier alpha value is -2.02. The van der Waals surface area contributed by atoms with E-state index in [1.807, 2.05) is 27.8 Å². The summed E-state index contributed by atoms with van der Waals surface area (Å²) >= 11 is 3.22. The largest absolute Gasteiger partial charge is 0.480 e. The van der Waals surface area contributed by atoms with Crippen LogP contribution >= 0.6 is 22.7 Å². The standard InChI is InChI=1S/C20H22N2O2S2/c1-14(2)15-5-7-16(8-6-15)18-13-26-19(21-18)11-22(12-20(23)24)10-17-4-3-9-25-17/h3-9,13-14H,10-12H2,1-2H3,(H,23,24). The van der Waals surface area contributed by atoms with E-state index in [-0.39, 0.29) is 6.54 Å². The minimum Gasteiger partial charge on any atom is -0.480 e. The molecule has 0 fully saturated rings. The van der Waals surface area contributed by atoms with E-state index in [4.69, 9.17) is 4.98 Å². The van der Waals surface area contributed by atoms with Gasteiger partial charge in [0.15, 0.2) is 0 Å². The van der Waals surface area contributed by atoms with Gasteiger partial charge in [-0.3, -0.25) is 9.69 Å². The number of benzene rings is 1. The number of carbonyl (C=O) groups is 1. The molecular formula is C20H22N2O2S2. The van der Waals surface area contributed by atoms with Gasteiger partial charge in [0.25, 0.3) is 0 Å². The van der Waals surface area contributed by atoms with Gasteiger partial charge in [-0.05, 0) is 22.9 Å². The van der Waals surface area contributed by atoms with Crippen LogP contribution in [0.5, 0.6) is 0 Å². The molecule has 2 aromatic heterocycles. The van der Waals surface area contributed by atoms with Crippen molar-refractivity contribution in [2.75, 3.05) is 6.54 Å². The second-order valence-electron chi connectivity index (χ2n) is 6.52. The highest BCUT2D eigenvalue weighted by atomic mass is 32.1. The van der Waals surface area contributed by atoms with E-state index in [0.717, 1.165) is 21.1 Å². The van der Waals surface area contributed by atoms with Crippen molar-refractivity contribution in [2.24, 2.45) is 0 Å². The van der Waals surface area contributed by atoms with Crippen LogP contribution in [0.25, 0.3) is 11.3 Å². The Morgan fingerprint density at radius 1 is 1.15 bits per heavy atom. The van der Waals surface area contributed by atoms with Crippen molar-refractivity contribution in [3.8, 4) is 11.3 Å². The summed E-state index contributed by atoms with van der Waals surface area (Å²) in [7, 11) is 0. The lowest BCUT2D eigenvalue weighted by Gasteiger charge is -2.17. The van der Waals surface area contributed by atoms with Gasteiger partial charge in [-0.1, -0.05) is 44.2 Å². The molecule has 0 bridgehead atoms. The fraction of sp³-hybridized carbons (Fsp3) is 0.300. The van der Waals surface area contributed by atoms with Crippen LogP contribution in [0, 0.1) is 0 Å². The van der Waals surface area contributed by atoms with Gasteiger partial charge in [0.2, 0.25) is 0 Å². The van der Waals surface area contributed by atoms with E-state index in [9.17, 15) is 9.90 Å². The van der Waals surface area contributed by atoms with Crippen molar-refractivity contribution < 1.29 is 9.90 Å². The van der Waals surface area contributed by atoms with Gasteiger partial charge >= 0.3 is 5.97 Å².